The summed E-state index contributed by atoms with van der Waals surface area (Å²) in [6.45, 7) is 0.356. The monoisotopic (exact) mass is 185 g/mol. The first-order valence-corrected chi connectivity index (χ1v) is 4.06. The number of nitrogens with zero attached hydrogens (tertiary/aromatic N) is 1. The zero-order chi connectivity index (χ0) is 8.97. The predicted octanol–water partition coefficient (Wildman–Crippen LogP) is 0.650. The van der Waals surface area contributed by atoms with Crippen molar-refractivity contribution >= 4 is 24.1 Å². The van der Waals surface area contributed by atoms with Crippen LogP contribution in [-0.2, 0) is 11.3 Å². The molecule has 0 amide bonds. The van der Waals surface area contributed by atoms with Gasteiger partial charge in [0.25, 0.3) is 0 Å². The first-order valence-electron chi connectivity index (χ1n) is 3.43. The van der Waals surface area contributed by atoms with Gasteiger partial charge in [0.2, 0.25) is 0 Å². The summed E-state index contributed by atoms with van der Waals surface area (Å²) in [7, 11) is 0. The van der Waals surface area contributed by atoms with Crippen LogP contribution in [0.3, 0.4) is 0 Å². The lowest BCUT2D eigenvalue weighted by molar-refractivity contribution is 0.171. The van der Waals surface area contributed by atoms with Crippen LogP contribution >= 0.6 is 12.6 Å². The van der Waals surface area contributed by atoms with Gasteiger partial charge in [0.05, 0.1) is 12.5 Å². The molecule has 66 valence electrons. The summed E-state index contributed by atoms with van der Waals surface area (Å²) in [4.78, 5) is 3.89. The zero-order valence-electron chi connectivity index (χ0n) is 6.53. The molecule has 1 aromatic rings. The van der Waals surface area contributed by atoms with Gasteiger partial charge >= 0.3 is 0 Å². The molecule has 0 bridgehead atoms. The van der Waals surface area contributed by atoms with Gasteiger partial charge in [-0.25, -0.2) is 4.98 Å². The fourth-order valence-electron chi connectivity index (χ4n) is 0.829. The Morgan fingerprint density at radius 3 is 2.83 bits per heavy atom. The highest BCUT2D eigenvalue weighted by Gasteiger charge is 2.03. The second kappa shape index (κ2) is 4.18. The highest BCUT2D eigenvalue weighted by molar-refractivity contribution is 7.80. The van der Waals surface area contributed by atoms with Gasteiger partial charge < -0.3 is 16.2 Å². The molecule has 0 spiro atoms. The van der Waals surface area contributed by atoms with Crippen LogP contribution < -0.4 is 11.5 Å². The summed E-state index contributed by atoms with van der Waals surface area (Å²) in [5.74, 6) is 0.755. The van der Waals surface area contributed by atoms with Crippen LogP contribution in [0.4, 0.5) is 11.5 Å². The highest BCUT2D eigenvalue weighted by atomic mass is 32.1. The molecule has 5 heteroatoms. The molecule has 0 radical (unpaired) electrons. The number of hydrogen-bond acceptors (Lipinski definition) is 5. The molecule has 4 nitrogen and oxygen atoms in total. The minimum Gasteiger partial charge on any atom is -0.398 e. The molecule has 0 fully saturated rings. The Morgan fingerprint density at radius 2 is 2.25 bits per heavy atom. The minimum absolute atomic E-state index is 0.341. The van der Waals surface area contributed by atoms with E-state index in [0.717, 1.165) is 5.56 Å². The molecular formula is C7H11N3OS. The van der Waals surface area contributed by atoms with Crippen LogP contribution in [0.2, 0.25) is 0 Å². The van der Waals surface area contributed by atoms with Gasteiger partial charge in [-0.3, -0.25) is 0 Å². The Hall–Kier alpha value is -0.940. The van der Waals surface area contributed by atoms with E-state index < -0.39 is 0 Å². The van der Waals surface area contributed by atoms with Crippen LogP contribution in [-0.4, -0.2) is 10.9 Å². The average molecular weight is 185 g/mol. The maximum absolute atomic E-state index is 5.64. The number of ether oxygens (including phenoxy) is 1. The number of nitrogens with two attached hydrogens (primary N) is 2. The minimum atomic E-state index is 0.341. The van der Waals surface area contributed by atoms with E-state index in [1.165, 1.54) is 0 Å². The molecule has 0 saturated heterocycles. The van der Waals surface area contributed by atoms with Crippen molar-refractivity contribution in [3.05, 3.63) is 17.8 Å². The fraction of sp³-hybridized carbons (Fsp3) is 0.286. The number of rotatable bonds is 3. The molecule has 0 unspecified atom stereocenters. The quantitative estimate of drug-likeness (QED) is 0.477. The van der Waals surface area contributed by atoms with E-state index >= 15 is 0 Å². The molecule has 0 aliphatic heterocycles. The standard InChI is InChI=1S/C7H11N3OS/c8-6-1-2-10-7(9)5(6)3-11-4-12/h1-2,12H,3-4H2,(H4,8,9,10). The van der Waals surface area contributed by atoms with Gasteiger partial charge in [-0.2, -0.15) is 12.6 Å². The van der Waals surface area contributed by atoms with E-state index in [4.69, 9.17) is 16.2 Å². The third-order valence-corrected chi connectivity index (χ3v) is 1.65. The maximum Gasteiger partial charge on any atom is 0.130 e. The molecule has 12 heavy (non-hydrogen) atoms. The highest BCUT2D eigenvalue weighted by Crippen LogP contribution is 2.17. The molecule has 0 saturated carbocycles. The largest absolute Gasteiger partial charge is 0.398 e. The Labute approximate surface area is 76.3 Å². The number of hydrogen-bond donors (Lipinski definition) is 3. The molecule has 0 atom stereocenters. The van der Waals surface area contributed by atoms with Crippen molar-refractivity contribution in [3.8, 4) is 0 Å². The molecule has 0 aliphatic carbocycles. The number of thiol groups is 1. The summed E-state index contributed by atoms with van der Waals surface area (Å²) in [5.41, 5.74) is 12.5. The van der Waals surface area contributed by atoms with Gasteiger partial charge in [-0.15, -0.1) is 0 Å². The molecule has 1 heterocycles. The van der Waals surface area contributed by atoms with E-state index in [-0.39, 0.29) is 0 Å². The fourth-order valence-corrected chi connectivity index (χ4v) is 0.921. The van der Waals surface area contributed by atoms with Crippen molar-refractivity contribution in [1.29, 1.82) is 0 Å². The van der Waals surface area contributed by atoms with E-state index in [9.17, 15) is 0 Å². The summed E-state index contributed by atoms with van der Waals surface area (Å²) < 4.78 is 5.05. The van der Waals surface area contributed by atoms with Crippen LogP contribution in [0.5, 0.6) is 0 Å². The molecule has 1 aromatic heterocycles. The van der Waals surface area contributed by atoms with Gasteiger partial charge in [0.15, 0.2) is 0 Å². The second-order valence-electron chi connectivity index (χ2n) is 2.24. The number of nitrogen functional groups attached to an aromatic ring is 2. The second-order valence-corrected chi connectivity index (χ2v) is 2.50. The van der Waals surface area contributed by atoms with Crippen molar-refractivity contribution in [2.24, 2.45) is 0 Å². The Bertz CT molecular complexity index is 247. The van der Waals surface area contributed by atoms with E-state index in [1.807, 2.05) is 0 Å². The Balaban J connectivity index is 2.81. The van der Waals surface area contributed by atoms with Crippen LogP contribution in [0.15, 0.2) is 12.3 Å². The summed E-state index contributed by atoms with van der Waals surface area (Å²) >= 11 is 3.90. The zero-order valence-corrected chi connectivity index (χ0v) is 7.42. The van der Waals surface area contributed by atoms with Crippen molar-refractivity contribution < 1.29 is 4.74 Å². The third kappa shape index (κ3) is 2.02. The predicted molar refractivity (Wildman–Crippen MR) is 51.7 cm³/mol. The van der Waals surface area contributed by atoms with Crippen molar-refractivity contribution in [1.82, 2.24) is 4.98 Å². The molecular weight excluding hydrogens is 174 g/mol. The smallest absolute Gasteiger partial charge is 0.130 e. The molecule has 0 aromatic carbocycles. The van der Waals surface area contributed by atoms with E-state index in [2.05, 4.69) is 17.6 Å². The van der Waals surface area contributed by atoms with Gasteiger partial charge in [-0.05, 0) is 6.07 Å². The Kier molecular flexibility index (Phi) is 3.19. The van der Waals surface area contributed by atoms with Crippen molar-refractivity contribution in [3.63, 3.8) is 0 Å². The van der Waals surface area contributed by atoms with Crippen LogP contribution in [0.25, 0.3) is 0 Å². The molecule has 1 rings (SSSR count). The van der Waals surface area contributed by atoms with Gasteiger partial charge in [-0.1, -0.05) is 0 Å². The van der Waals surface area contributed by atoms with Crippen LogP contribution in [0, 0.1) is 0 Å². The van der Waals surface area contributed by atoms with Gasteiger partial charge in [0.1, 0.15) is 5.82 Å². The van der Waals surface area contributed by atoms with E-state index in [1.54, 1.807) is 12.3 Å². The maximum atomic E-state index is 5.64. The van der Waals surface area contributed by atoms with E-state index in [0.29, 0.717) is 24.1 Å². The summed E-state index contributed by atoms with van der Waals surface area (Å²) in [5, 5.41) is 0. The lowest BCUT2D eigenvalue weighted by Crippen LogP contribution is -2.03. The first kappa shape index (κ1) is 9.15. The number of pyridine rings is 1. The van der Waals surface area contributed by atoms with Crippen molar-refractivity contribution in [2.75, 3.05) is 17.4 Å². The normalized spacial score (nSPS) is 10.1. The number of aromatic nitrogens is 1. The summed E-state index contributed by atoms with van der Waals surface area (Å²) in [6.07, 6.45) is 1.56. The first-order chi connectivity index (χ1) is 5.75. The third-order valence-electron chi connectivity index (χ3n) is 1.46. The summed E-state index contributed by atoms with van der Waals surface area (Å²) in [6, 6.07) is 1.69. The lowest BCUT2D eigenvalue weighted by atomic mass is 10.2. The average Bonchev–Trinajstić information content (AvgIpc) is 2.04. The Morgan fingerprint density at radius 1 is 1.50 bits per heavy atom. The lowest BCUT2D eigenvalue weighted by Gasteiger charge is -2.06. The topological polar surface area (TPSA) is 74.2 Å². The van der Waals surface area contributed by atoms with Crippen LogP contribution in [0.1, 0.15) is 5.56 Å². The molecule has 4 N–H and O–H groups in total. The van der Waals surface area contributed by atoms with Crippen molar-refractivity contribution in [2.45, 2.75) is 6.61 Å². The number of anilines is 2. The molecule has 0 aliphatic rings. The van der Waals surface area contributed by atoms with Gasteiger partial charge in [0, 0.05) is 17.4 Å². The SMILES string of the molecule is Nc1ccnc(N)c1COCS.